The van der Waals surface area contributed by atoms with Crippen LogP contribution in [-0.2, 0) is 6.61 Å². The van der Waals surface area contributed by atoms with Crippen LogP contribution in [0, 0.1) is 0 Å². The maximum absolute atomic E-state index is 6.63. The molecule has 0 heterocycles. The van der Waals surface area contributed by atoms with Gasteiger partial charge in [0, 0.05) is 11.1 Å². The normalized spacial score (nSPS) is 11.5. The first kappa shape index (κ1) is 23.3. The summed E-state index contributed by atoms with van der Waals surface area (Å²) in [6.07, 6.45) is 0. The SMILES string of the molecule is COc1ccccc1NC(c1ccccc1)c1cccc(-c2ccccc2)c1OCc1ccccc1. The minimum atomic E-state index is -0.156. The molecule has 3 heteroatoms. The lowest BCUT2D eigenvalue weighted by atomic mass is 9.93. The smallest absolute Gasteiger partial charge is 0.141 e. The highest BCUT2D eigenvalue weighted by Gasteiger charge is 2.22. The molecule has 5 aromatic carbocycles. The van der Waals surface area contributed by atoms with Gasteiger partial charge < -0.3 is 14.8 Å². The maximum Gasteiger partial charge on any atom is 0.141 e. The lowest BCUT2D eigenvalue weighted by Crippen LogP contribution is -2.15. The summed E-state index contributed by atoms with van der Waals surface area (Å²) in [5.41, 5.74) is 6.43. The van der Waals surface area contributed by atoms with Crippen LogP contribution in [0.15, 0.2) is 133 Å². The van der Waals surface area contributed by atoms with E-state index in [9.17, 15) is 0 Å². The van der Waals surface area contributed by atoms with Gasteiger partial charge in [0.15, 0.2) is 0 Å². The molecule has 0 aliphatic heterocycles. The standard InChI is InChI=1S/C33H29NO2/c1-35-31-23-12-11-22-30(31)34-32(27-18-9-4-10-19-27)29-21-13-20-28(26-16-7-3-8-17-26)33(29)36-24-25-14-5-2-6-15-25/h2-23,32,34H,24H2,1H3. The number of ether oxygens (including phenoxy) is 2. The fourth-order valence-electron chi connectivity index (χ4n) is 4.42. The van der Waals surface area contributed by atoms with Gasteiger partial charge in [-0.15, -0.1) is 0 Å². The van der Waals surface area contributed by atoms with Crippen LogP contribution in [0.5, 0.6) is 11.5 Å². The summed E-state index contributed by atoms with van der Waals surface area (Å²) in [5, 5.41) is 3.74. The van der Waals surface area contributed by atoms with Crippen molar-refractivity contribution < 1.29 is 9.47 Å². The van der Waals surface area contributed by atoms with Gasteiger partial charge in [0.05, 0.1) is 18.8 Å². The molecule has 5 rings (SSSR count). The molecule has 0 fully saturated rings. The van der Waals surface area contributed by atoms with Crippen LogP contribution in [0.3, 0.4) is 0 Å². The summed E-state index contributed by atoms with van der Waals surface area (Å²) < 4.78 is 12.3. The van der Waals surface area contributed by atoms with Crippen molar-refractivity contribution in [2.24, 2.45) is 0 Å². The van der Waals surface area contributed by atoms with E-state index in [1.54, 1.807) is 7.11 Å². The quantitative estimate of drug-likeness (QED) is 0.235. The molecule has 0 spiro atoms. The molecular formula is C33H29NO2. The van der Waals surface area contributed by atoms with E-state index in [4.69, 9.17) is 9.47 Å². The zero-order chi connectivity index (χ0) is 24.6. The second-order valence-electron chi connectivity index (χ2n) is 8.55. The van der Waals surface area contributed by atoms with Crippen molar-refractivity contribution in [2.75, 3.05) is 12.4 Å². The van der Waals surface area contributed by atoms with Gasteiger partial charge >= 0.3 is 0 Å². The van der Waals surface area contributed by atoms with Gasteiger partial charge in [0.1, 0.15) is 18.1 Å². The van der Waals surface area contributed by atoms with E-state index in [1.807, 2.05) is 54.6 Å². The summed E-state index contributed by atoms with van der Waals surface area (Å²) in [6, 6.07) is 45.4. The molecular weight excluding hydrogens is 442 g/mol. The molecule has 178 valence electrons. The Morgan fingerprint density at radius 1 is 0.639 bits per heavy atom. The van der Waals surface area contributed by atoms with E-state index in [2.05, 4.69) is 84.2 Å². The number of hydrogen-bond acceptors (Lipinski definition) is 3. The van der Waals surface area contributed by atoms with Crippen LogP contribution < -0.4 is 14.8 Å². The van der Waals surface area contributed by atoms with Gasteiger partial charge in [-0.2, -0.15) is 0 Å². The zero-order valence-corrected chi connectivity index (χ0v) is 20.3. The van der Waals surface area contributed by atoms with E-state index < -0.39 is 0 Å². The van der Waals surface area contributed by atoms with Crippen LogP contribution in [0.1, 0.15) is 22.7 Å². The molecule has 1 N–H and O–H groups in total. The van der Waals surface area contributed by atoms with Crippen molar-refractivity contribution >= 4 is 5.69 Å². The number of methoxy groups -OCH3 is 1. The second kappa shape index (κ2) is 11.3. The van der Waals surface area contributed by atoms with Gasteiger partial charge in [-0.1, -0.05) is 121 Å². The van der Waals surface area contributed by atoms with E-state index in [1.165, 1.54) is 0 Å². The summed E-state index contributed by atoms with van der Waals surface area (Å²) >= 11 is 0. The Hall–Kier alpha value is -4.50. The Morgan fingerprint density at radius 2 is 1.28 bits per heavy atom. The average molecular weight is 472 g/mol. The molecule has 36 heavy (non-hydrogen) atoms. The molecule has 0 radical (unpaired) electrons. The molecule has 0 saturated heterocycles. The predicted octanol–water partition coefficient (Wildman–Crippen LogP) is 8.14. The Bertz CT molecular complexity index is 1390. The molecule has 1 unspecified atom stereocenters. The van der Waals surface area contributed by atoms with Gasteiger partial charge in [0.25, 0.3) is 0 Å². The Labute approximate surface area is 213 Å². The van der Waals surface area contributed by atoms with Crippen LogP contribution in [-0.4, -0.2) is 7.11 Å². The Morgan fingerprint density at radius 3 is 2.00 bits per heavy atom. The van der Waals surface area contributed by atoms with Gasteiger partial charge in [-0.3, -0.25) is 0 Å². The third-order valence-corrected chi connectivity index (χ3v) is 6.21. The Balaban J connectivity index is 1.64. The lowest BCUT2D eigenvalue weighted by Gasteiger charge is -2.26. The predicted molar refractivity (Wildman–Crippen MR) is 148 cm³/mol. The van der Waals surface area contributed by atoms with Crippen LogP contribution in [0.25, 0.3) is 11.1 Å². The largest absolute Gasteiger partial charge is 0.495 e. The summed E-state index contributed by atoms with van der Waals surface area (Å²) in [6.45, 7) is 0.480. The third kappa shape index (κ3) is 5.26. The number of para-hydroxylation sites is 3. The maximum atomic E-state index is 6.63. The average Bonchev–Trinajstić information content (AvgIpc) is 2.96. The van der Waals surface area contributed by atoms with Crippen LogP contribution in [0.2, 0.25) is 0 Å². The molecule has 0 aromatic heterocycles. The highest BCUT2D eigenvalue weighted by atomic mass is 16.5. The van der Waals surface area contributed by atoms with Crippen LogP contribution >= 0.6 is 0 Å². The number of benzene rings is 5. The number of hydrogen-bond donors (Lipinski definition) is 1. The molecule has 5 aromatic rings. The van der Waals surface area contributed by atoms with E-state index in [0.29, 0.717) is 6.61 Å². The molecule has 0 saturated carbocycles. The minimum Gasteiger partial charge on any atom is -0.495 e. The second-order valence-corrected chi connectivity index (χ2v) is 8.55. The van der Waals surface area contributed by atoms with Crippen molar-refractivity contribution in [3.63, 3.8) is 0 Å². The Kier molecular flexibility index (Phi) is 7.29. The van der Waals surface area contributed by atoms with Crippen LogP contribution in [0.4, 0.5) is 5.69 Å². The molecule has 0 bridgehead atoms. The molecule has 1 atom stereocenters. The summed E-state index contributed by atoms with van der Waals surface area (Å²) in [7, 11) is 1.70. The van der Waals surface area contributed by atoms with E-state index in [-0.39, 0.29) is 6.04 Å². The molecule has 0 amide bonds. The lowest BCUT2D eigenvalue weighted by molar-refractivity contribution is 0.303. The van der Waals surface area contributed by atoms with Gasteiger partial charge in [0.2, 0.25) is 0 Å². The van der Waals surface area contributed by atoms with Gasteiger partial charge in [-0.05, 0) is 28.8 Å². The first-order valence-electron chi connectivity index (χ1n) is 12.1. The number of nitrogens with one attached hydrogen (secondary N) is 1. The van der Waals surface area contributed by atoms with E-state index >= 15 is 0 Å². The monoisotopic (exact) mass is 471 g/mol. The van der Waals surface area contributed by atoms with Crippen molar-refractivity contribution in [1.29, 1.82) is 0 Å². The summed E-state index contributed by atoms with van der Waals surface area (Å²) in [5.74, 6) is 1.66. The minimum absolute atomic E-state index is 0.156. The van der Waals surface area contributed by atoms with Crippen molar-refractivity contribution in [2.45, 2.75) is 12.6 Å². The van der Waals surface area contributed by atoms with Crippen molar-refractivity contribution in [3.05, 3.63) is 150 Å². The molecule has 3 nitrogen and oxygen atoms in total. The molecule has 0 aliphatic carbocycles. The third-order valence-electron chi connectivity index (χ3n) is 6.21. The number of rotatable bonds is 9. The highest BCUT2D eigenvalue weighted by Crippen LogP contribution is 2.41. The van der Waals surface area contributed by atoms with Crippen molar-refractivity contribution in [1.82, 2.24) is 0 Å². The van der Waals surface area contributed by atoms with Crippen molar-refractivity contribution in [3.8, 4) is 22.6 Å². The topological polar surface area (TPSA) is 30.5 Å². The highest BCUT2D eigenvalue weighted by molar-refractivity contribution is 5.74. The number of anilines is 1. The fourth-order valence-corrected chi connectivity index (χ4v) is 4.42. The van der Waals surface area contributed by atoms with E-state index in [0.717, 1.165) is 45.0 Å². The first-order valence-corrected chi connectivity index (χ1v) is 12.1. The first-order chi connectivity index (χ1) is 17.8. The molecule has 0 aliphatic rings. The van der Waals surface area contributed by atoms with Gasteiger partial charge in [-0.25, -0.2) is 0 Å². The fraction of sp³-hybridized carbons (Fsp3) is 0.0909. The zero-order valence-electron chi connectivity index (χ0n) is 20.3. The summed E-state index contributed by atoms with van der Waals surface area (Å²) in [4.78, 5) is 0.